The molecule has 2 aromatic rings. The summed E-state index contributed by atoms with van der Waals surface area (Å²) in [6, 6.07) is 0. The number of phenolic OH excluding ortho intramolecular Hbond substituents is 5. The minimum Gasteiger partial charge on any atom is -0.503 e. The Bertz CT molecular complexity index is 699. The van der Waals surface area contributed by atoms with E-state index in [1.807, 2.05) is 0 Å². The third-order valence-electron chi connectivity index (χ3n) is 2.61. The average Bonchev–Trinajstić information content (AvgIpc) is 2.62. The molecule has 0 bridgehead atoms. The molecule has 7 N–H and O–H groups in total. The quantitative estimate of drug-likeness (QED) is 0.277. The minimum atomic E-state index is -1.14. The predicted molar refractivity (Wildman–Crippen MR) is 61.1 cm³/mol. The standard InChI is InChI=1S/C10H10N2O7/c1-2-4(13)10(19)12(11-2)3-5(14)7(16)9(18)8(17)6(3)15/h11,13-18H,1H3. The lowest BCUT2D eigenvalue weighted by Gasteiger charge is -2.11. The van der Waals surface area contributed by atoms with Crippen molar-refractivity contribution in [3.63, 3.8) is 0 Å². The van der Waals surface area contributed by atoms with Crippen molar-refractivity contribution in [3.05, 3.63) is 16.0 Å². The second-order valence-electron chi connectivity index (χ2n) is 3.82. The van der Waals surface area contributed by atoms with Crippen molar-refractivity contribution in [1.29, 1.82) is 0 Å². The van der Waals surface area contributed by atoms with Crippen LogP contribution < -0.4 is 5.56 Å². The number of nitrogens with one attached hydrogen (secondary N) is 1. The number of benzene rings is 1. The van der Waals surface area contributed by atoms with Gasteiger partial charge in [-0.3, -0.25) is 9.89 Å². The van der Waals surface area contributed by atoms with E-state index in [2.05, 4.69) is 5.10 Å². The zero-order valence-corrected chi connectivity index (χ0v) is 9.54. The molecule has 0 fully saturated rings. The highest BCUT2D eigenvalue weighted by atomic mass is 16.4. The van der Waals surface area contributed by atoms with Gasteiger partial charge >= 0.3 is 5.56 Å². The van der Waals surface area contributed by atoms with Crippen molar-refractivity contribution < 1.29 is 30.6 Å². The van der Waals surface area contributed by atoms with Gasteiger partial charge in [0.05, 0.1) is 5.69 Å². The third kappa shape index (κ3) is 1.52. The lowest BCUT2D eigenvalue weighted by Crippen LogP contribution is -2.14. The van der Waals surface area contributed by atoms with Crippen LogP contribution in [0, 0.1) is 6.92 Å². The molecule has 9 nitrogen and oxygen atoms in total. The molecule has 1 aromatic heterocycles. The number of hydrogen-bond donors (Lipinski definition) is 7. The minimum absolute atomic E-state index is 0.0378. The van der Waals surface area contributed by atoms with E-state index in [1.165, 1.54) is 6.92 Å². The van der Waals surface area contributed by atoms with Gasteiger partial charge in [0.2, 0.25) is 23.0 Å². The van der Waals surface area contributed by atoms with Crippen LogP contribution in [-0.2, 0) is 0 Å². The molecule has 9 heteroatoms. The summed E-state index contributed by atoms with van der Waals surface area (Å²) in [6.07, 6.45) is 0. The number of hydrogen-bond acceptors (Lipinski definition) is 7. The van der Waals surface area contributed by atoms with E-state index < -0.39 is 45.7 Å². The third-order valence-corrected chi connectivity index (χ3v) is 2.61. The van der Waals surface area contributed by atoms with Crippen molar-refractivity contribution in [3.8, 4) is 40.2 Å². The van der Waals surface area contributed by atoms with E-state index in [0.717, 1.165) is 0 Å². The topological polar surface area (TPSA) is 159 Å². The Morgan fingerprint density at radius 3 is 1.58 bits per heavy atom. The van der Waals surface area contributed by atoms with Gasteiger partial charge in [-0.25, -0.2) is 4.68 Å². The summed E-state index contributed by atoms with van der Waals surface area (Å²) in [6.45, 7) is 1.35. The Morgan fingerprint density at radius 1 is 0.789 bits per heavy atom. The van der Waals surface area contributed by atoms with E-state index in [0.29, 0.717) is 4.68 Å². The Labute approximate surface area is 104 Å². The number of aromatic amines is 1. The molecule has 102 valence electrons. The Kier molecular flexibility index (Phi) is 2.47. The maximum absolute atomic E-state index is 11.6. The molecule has 1 heterocycles. The van der Waals surface area contributed by atoms with Gasteiger partial charge in [-0.2, -0.15) is 0 Å². The van der Waals surface area contributed by atoms with Crippen LogP contribution in [0.15, 0.2) is 4.79 Å². The highest BCUT2D eigenvalue weighted by Gasteiger charge is 2.26. The monoisotopic (exact) mass is 270 g/mol. The molecule has 0 saturated heterocycles. The molecule has 0 radical (unpaired) electrons. The van der Waals surface area contributed by atoms with E-state index in [1.54, 1.807) is 0 Å². The summed E-state index contributed by atoms with van der Waals surface area (Å²) in [5, 5.41) is 58.8. The van der Waals surface area contributed by atoms with Gasteiger partial charge in [-0.15, -0.1) is 0 Å². The summed E-state index contributed by atoms with van der Waals surface area (Å²) in [5.74, 6) is -6.13. The van der Waals surface area contributed by atoms with Crippen molar-refractivity contribution in [2.24, 2.45) is 0 Å². The molecule has 2 rings (SSSR count). The first-order chi connectivity index (χ1) is 8.77. The fraction of sp³-hybridized carbons (Fsp3) is 0.100. The van der Waals surface area contributed by atoms with Crippen molar-refractivity contribution in [2.75, 3.05) is 0 Å². The molecule has 1 aromatic carbocycles. The smallest absolute Gasteiger partial charge is 0.313 e. The highest BCUT2D eigenvalue weighted by molar-refractivity contribution is 5.73. The number of phenols is 5. The number of rotatable bonds is 1. The first-order valence-electron chi connectivity index (χ1n) is 4.97. The van der Waals surface area contributed by atoms with E-state index >= 15 is 0 Å². The van der Waals surface area contributed by atoms with Gasteiger partial charge in [0.1, 0.15) is 0 Å². The molecule has 0 spiro atoms. The molecule has 0 saturated carbocycles. The number of aryl methyl sites for hydroxylation is 1. The maximum atomic E-state index is 11.6. The van der Waals surface area contributed by atoms with Crippen molar-refractivity contribution >= 4 is 0 Å². The molecule has 19 heavy (non-hydrogen) atoms. The molecule has 0 aliphatic rings. The van der Waals surface area contributed by atoms with Crippen molar-refractivity contribution in [1.82, 2.24) is 9.78 Å². The van der Waals surface area contributed by atoms with Gasteiger partial charge < -0.3 is 30.6 Å². The second-order valence-corrected chi connectivity index (χ2v) is 3.82. The summed E-state index contributed by atoms with van der Waals surface area (Å²) in [4.78, 5) is 11.6. The van der Waals surface area contributed by atoms with Crippen LogP contribution in [0.25, 0.3) is 5.69 Å². The highest BCUT2D eigenvalue weighted by Crippen LogP contribution is 2.51. The van der Waals surface area contributed by atoms with Crippen LogP contribution in [0.3, 0.4) is 0 Å². The van der Waals surface area contributed by atoms with Crippen LogP contribution in [-0.4, -0.2) is 40.4 Å². The van der Waals surface area contributed by atoms with Gasteiger partial charge in [-0.1, -0.05) is 0 Å². The van der Waals surface area contributed by atoms with Crippen LogP contribution >= 0.6 is 0 Å². The largest absolute Gasteiger partial charge is 0.503 e. The second kappa shape index (κ2) is 3.77. The number of aromatic hydroxyl groups is 6. The first kappa shape index (κ1) is 12.5. The number of H-pyrrole nitrogens is 1. The zero-order chi connectivity index (χ0) is 14.5. The average molecular weight is 270 g/mol. The summed E-state index contributed by atoms with van der Waals surface area (Å²) in [7, 11) is 0. The van der Waals surface area contributed by atoms with Crippen LogP contribution in [0.2, 0.25) is 0 Å². The van der Waals surface area contributed by atoms with Crippen LogP contribution in [0.1, 0.15) is 5.69 Å². The summed E-state index contributed by atoms with van der Waals surface area (Å²) in [5.41, 5.74) is -1.69. The van der Waals surface area contributed by atoms with Gasteiger partial charge in [0.25, 0.3) is 0 Å². The zero-order valence-electron chi connectivity index (χ0n) is 9.54. The lowest BCUT2D eigenvalue weighted by molar-refractivity contribution is 0.326. The van der Waals surface area contributed by atoms with Gasteiger partial charge in [0, 0.05) is 0 Å². The SMILES string of the molecule is Cc1[nH]n(-c2c(O)c(O)c(O)c(O)c2O)c(=O)c1O. The Hall–Kier alpha value is -2.97. The number of nitrogens with zero attached hydrogens (tertiary/aromatic N) is 1. The van der Waals surface area contributed by atoms with Crippen LogP contribution in [0.4, 0.5) is 0 Å². The lowest BCUT2D eigenvalue weighted by atomic mass is 10.2. The Morgan fingerprint density at radius 2 is 1.21 bits per heavy atom. The molecule has 0 aliphatic heterocycles. The molecular weight excluding hydrogens is 260 g/mol. The fourth-order valence-electron chi connectivity index (χ4n) is 1.58. The molecule has 0 atom stereocenters. The summed E-state index contributed by atoms with van der Waals surface area (Å²) < 4.78 is 0.508. The molecule has 0 unspecified atom stereocenters. The summed E-state index contributed by atoms with van der Waals surface area (Å²) >= 11 is 0. The molecule has 0 aliphatic carbocycles. The fourth-order valence-corrected chi connectivity index (χ4v) is 1.58. The maximum Gasteiger partial charge on any atom is 0.313 e. The first-order valence-corrected chi connectivity index (χ1v) is 4.97. The predicted octanol–water partition coefficient (Wildman–Crippen LogP) is -0.292. The van der Waals surface area contributed by atoms with Crippen molar-refractivity contribution in [2.45, 2.75) is 6.92 Å². The Balaban J connectivity index is 2.91. The van der Waals surface area contributed by atoms with Crippen LogP contribution in [0.5, 0.6) is 34.5 Å². The van der Waals surface area contributed by atoms with E-state index in [9.17, 15) is 35.4 Å². The normalized spacial score (nSPS) is 10.8. The van der Waals surface area contributed by atoms with E-state index in [-0.39, 0.29) is 5.69 Å². The number of aromatic nitrogens is 2. The molecule has 0 amide bonds. The molecular formula is C10H10N2O7. The van der Waals surface area contributed by atoms with Gasteiger partial charge in [0.15, 0.2) is 17.2 Å². The van der Waals surface area contributed by atoms with Gasteiger partial charge in [-0.05, 0) is 6.92 Å². The van der Waals surface area contributed by atoms with E-state index in [4.69, 9.17) is 0 Å².